The first-order chi connectivity index (χ1) is 8.63. The second kappa shape index (κ2) is 12.2. The SMILES string of the molecule is NC(=O)CNCNCCCCNCNCC(N)=O. The van der Waals surface area contributed by atoms with Gasteiger partial charge in [0.25, 0.3) is 0 Å². The number of hydrogen-bond donors (Lipinski definition) is 6. The average Bonchev–Trinajstić information content (AvgIpc) is 2.29. The topological polar surface area (TPSA) is 134 Å². The van der Waals surface area contributed by atoms with Gasteiger partial charge in [0.2, 0.25) is 11.8 Å². The first-order valence-corrected chi connectivity index (χ1v) is 6.02. The first kappa shape index (κ1) is 16.8. The van der Waals surface area contributed by atoms with E-state index in [-0.39, 0.29) is 24.9 Å². The molecule has 0 aromatic rings. The van der Waals surface area contributed by atoms with Crippen LogP contribution >= 0.6 is 0 Å². The van der Waals surface area contributed by atoms with E-state index in [0.717, 1.165) is 25.9 Å². The number of nitrogens with one attached hydrogen (secondary N) is 4. The lowest BCUT2D eigenvalue weighted by molar-refractivity contribution is -0.118. The molecule has 0 radical (unpaired) electrons. The van der Waals surface area contributed by atoms with Crippen LogP contribution in [0.4, 0.5) is 0 Å². The molecule has 0 aromatic carbocycles. The number of rotatable bonds is 13. The number of hydrogen-bond acceptors (Lipinski definition) is 6. The van der Waals surface area contributed by atoms with E-state index in [1.807, 2.05) is 0 Å². The molecule has 0 aliphatic rings. The largest absolute Gasteiger partial charge is 0.369 e. The van der Waals surface area contributed by atoms with Crippen molar-refractivity contribution >= 4 is 11.8 Å². The summed E-state index contributed by atoms with van der Waals surface area (Å²) in [6.07, 6.45) is 2.06. The molecule has 0 heterocycles. The van der Waals surface area contributed by atoms with E-state index in [0.29, 0.717) is 13.3 Å². The number of primary amides is 2. The van der Waals surface area contributed by atoms with Gasteiger partial charge in [-0.2, -0.15) is 0 Å². The Labute approximate surface area is 107 Å². The summed E-state index contributed by atoms with van der Waals surface area (Å²) in [5.41, 5.74) is 9.92. The van der Waals surface area contributed by atoms with Crippen LogP contribution in [-0.2, 0) is 9.59 Å². The Balaban J connectivity index is 2.99. The van der Waals surface area contributed by atoms with Gasteiger partial charge in [-0.1, -0.05) is 0 Å². The third kappa shape index (κ3) is 14.8. The zero-order valence-electron chi connectivity index (χ0n) is 10.6. The highest BCUT2D eigenvalue weighted by molar-refractivity contribution is 5.76. The van der Waals surface area contributed by atoms with Crippen LogP contribution in [0.3, 0.4) is 0 Å². The van der Waals surface area contributed by atoms with Gasteiger partial charge >= 0.3 is 0 Å². The quantitative estimate of drug-likeness (QED) is 0.154. The molecule has 0 rings (SSSR count). The lowest BCUT2D eigenvalue weighted by atomic mass is 10.3. The van der Waals surface area contributed by atoms with Gasteiger partial charge in [0.1, 0.15) is 0 Å². The van der Waals surface area contributed by atoms with Crippen LogP contribution in [0.5, 0.6) is 0 Å². The van der Waals surface area contributed by atoms with Crippen LogP contribution < -0.4 is 32.7 Å². The molecule has 18 heavy (non-hydrogen) atoms. The molecule has 8 heteroatoms. The predicted octanol–water partition coefficient (Wildman–Crippen LogP) is -2.99. The molecule has 0 atom stereocenters. The number of carbonyl (C=O) groups excluding carboxylic acids is 2. The minimum Gasteiger partial charge on any atom is -0.369 e. The minimum atomic E-state index is -0.357. The van der Waals surface area contributed by atoms with Gasteiger partial charge in [0.15, 0.2) is 0 Å². The summed E-state index contributed by atoms with van der Waals surface area (Å²) in [5, 5.41) is 12.0. The zero-order valence-corrected chi connectivity index (χ0v) is 10.6. The van der Waals surface area contributed by atoms with Crippen molar-refractivity contribution < 1.29 is 9.59 Å². The summed E-state index contributed by atoms with van der Waals surface area (Å²) >= 11 is 0. The maximum atomic E-state index is 10.4. The van der Waals surface area contributed by atoms with Crippen molar-refractivity contribution in [1.29, 1.82) is 0 Å². The summed E-state index contributed by atoms with van der Waals surface area (Å²) < 4.78 is 0. The molecule has 0 aliphatic carbocycles. The Morgan fingerprint density at radius 2 is 1.11 bits per heavy atom. The molecule has 8 N–H and O–H groups in total. The fourth-order valence-corrected chi connectivity index (χ4v) is 1.22. The molecule has 0 bridgehead atoms. The Morgan fingerprint density at radius 1 is 0.722 bits per heavy atom. The van der Waals surface area contributed by atoms with Gasteiger partial charge in [-0.3, -0.25) is 20.2 Å². The highest BCUT2D eigenvalue weighted by Gasteiger charge is 1.93. The summed E-state index contributed by atoms with van der Waals surface area (Å²) in [5.74, 6) is -0.714. The van der Waals surface area contributed by atoms with Crippen molar-refractivity contribution in [3.05, 3.63) is 0 Å². The molecule has 106 valence electrons. The Bertz CT molecular complexity index is 212. The van der Waals surface area contributed by atoms with Gasteiger partial charge in [-0.25, -0.2) is 0 Å². The van der Waals surface area contributed by atoms with Crippen LogP contribution in [0, 0.1) is 0 Å². The van der Waals surface area contributed by atoms with Crippen molar-refractivity contribution in [2.24, 2.45) is 11.5 Å². The van der Waals surface area contributed by atoms with E-state index in [4.69, 9.17) is 11.5 Å². The number of carbonyl (C=O) groups is 2. The third-order valence-corrected chi connectivity index (χ3v) is 2.06. The predicted molar refractivity (Wildman–Crippen MR) is 69.4 cm³/mol. The fourth-order valence-electron chi connectivity index (χ4n) is 1.22. The van der Waals surface area contributed by atoms with Crippen LogP contribution in [0.15, 0.2) is 0 Å². The summed E-state index contributed by atoms with van der Waals surface area (Å²) in [4.78, 5) is 20.8. The molecule has 0 saturated heterocycles. The van der Waals surface area contributed by atoms with E-state index in [1.165, 1.54) is 0 Å². The normalized spacial score (nSPS) is 10.4. The van der Waals surface area contributed by atoms with Crippen LogP contribution in [0.1, 0.15) is 12.8 Å². The highest BCUT2D eigenvalue weighted by atomic mass is 16.1. The maximum Gasteiger partial charge on any atom is 0.231 e. The van der Waals surface area contributed by atoms with Crippen molar-refractivity contribution in [3.63, 3.8) is 0 Å². The number of amides is 2. The molecular formula is C10H24N6O2. The Morgan fingerprint density at radius 3 is 1.44 bits per heavy atom. The summed E-state index contributed by atoms with van der Waals surface area (Å²) in [6.45, 7) is 3.30. The molecule has 0 fully saturated rings. The second-order valence-corrected chi connectivity index (χ2v) is 3.85. The standard InChI is InChI=1S/C10H24N6O2/c11-9(17)5-15-7-13-3-1-2-4-14-8-16-6-10(12)18/h13-16H,1-8H2,(H2,11,17)(H2,12,18). The van der Waals surface area contributed by atoms with Crippen molar-refractivity contribution in [1.82, 2.24) is 21.3 Å². The first-order valence-electron chi connectivity index (χ1n) is 6.02. The van der Waals surface area contributed by atoms with Gasteiger partial charge in [0, 0.05) is 13.3 Å². The molecule has 0 saturated carbocycles. The van der Waals surface area contributed by atoms with Gasteiger partial charge in [-0.15, -0.1) is 0 Å². The molecule has 0 spiro atoms. The molecule has 0 aromatic heterocycles. The maximum absolute atomic E-state index is 10.4. The van der Waals surface area contributed by atoms with Crippen molar-refractivity contribution in [3.8, 4) is 0 Å². The van der Waals surface area contributed by atoms with Crippen LogP contribution in [0.2, 0.25) is 0 Å². The average molecular weight is 260 g/mol. The monoisotopic (exact) mass is 260 g/mol. The molecule has 2 amide bonds. The van der Waals surface area contributed by atoms with Gasteiger partial charge in [-0.05, 0) is 25.9 Å². The van der Waals surface area contributed by atoms with E-state index in [1.54, 1.807) is 0 Å². The van der Waals surface area contributed by atoms with Gasteiger partial charge < -0.3 is 22.1 Å². The Hall–Kier alpha value is -1.22. The van der Waals surface area contributed by atoms with Crippen molar-refractivity contribution in [2.75, 3.05) is 39.5 Å². The Kier molecular flexibility index (Phi) is 11.4. The zero-order chi connectivity index (χ0) is 13.6. The molecule has 0 unspecified atom stereocenters. The molecule has 0 aliphatic heterocycles. The lowest BCUT2D eigenvalue weighted by Gasteiger charge is -2.07. The summed E-state index contributed by atoms with van der Waals surface area (Å²) in [7, 11) is 0. The van der Waals surface area contributed by atoms with Crippen molar-refractivity contribution in [2.45, 2.75) is 12.8 Å². The number of nitrogens with two attached hydrogens (primary N) is 2. The van der Waals surface area contributed by atoms with E-state index in [9.17, 15) is 9.59 Å². The lowest BCUT2D eigenvalue weighted by Crippen LogP contribution is -2.36. The molecular weight excluding hydrogens is 236 g/mol. The minimum absolute atomic E-state index is 0.195. The molecule has 8 nitrogen and oxygen atoms in total. The van der Waals surface area contributed by atoms with E-state index >= 15 is 0 Å². The van der Waals surface area contributed by atoms with E-state index in [2.05, 4.69) is 21.3 Å². The number of unbranched alkanes of at least 4 members (excludes halogenated alkanes) is 1. The van der Waals surface area contributed by atoms with Crippen LogP contribution in [0.25, 0.3) is 0 Å². The third-order valence-electron chi connectivity index (χ3n) is 2.06. The highest BCUT2D eigenvalue weighted by Crippen LogP contribution is 1.82. The fraction of sp³-hybridized carbons (Fsp3) is 0.800. The van der Waals surface area contributed by atoms with Gasteiger partial charge in [0.05, 0.1) is 13.1 Å². The van der Waals surface area contributed by atoms with E-state index < -0.39 is 0 Å². The smallest absolute Gasteiger partial charge is 0.231 e. The van der Waals surface area contributed by atoms with Crippen LogP contribution in [-0.4, -0.2) is 51.3 Å². The summed E-state index contributed by atoms with van der Waals surface area (Å²) in [6, 6.07) is 0. The second-order valence-electron chi connectivity index (χ2n) is 3.85.